The van der Waals surface area contributed by atoms with Gasteiger partial charge in [0.15, 0.2) is 4.96 Å². The van der Waals surface area contributed by atoms with Crippen molar-refractivity contribution in [1.29, 1.82) is 0 Å². The van der Waals surface area contributed by atoms with E-state index in [1.54, 1.807) is 11.3 Å². The molecule has 2 fully saturated rings. The standard InChI is InChI=1S/C30H38FN5OS/c1-19-20(2)24(8-7-23(19)25-5-3-12-32-25)26-18-36-27-9-6-21(17-28(27)38-30(36)34-26)29(37)33-13-4-14-35-15-10-22(31)11-16-35/h6,8-9,17-18,22-23,25,32H,3-5,7,10-16H2,1-2H3,(H,33,37)/t23?,25-/m1/s1. The van der Waals surface area contributed by atoms with Crippen LogP contribution in [0.2, 0.25) is 0 Å². The van der Waals surface area contributed by atoms with Crippen molar-refractivity contribution in [1.82, 2.24) is 24.9 Å². The molecule has 2 N–H and O–H groups in total. The monoisotopic (exact) mass is 535 g/mol. The topological polar surface area (TPSA) is 61.7 Å². The molecule has 3 aromatic rings. The molecular weight excluding hydrogens is 497 g/mol. The average Bonchev–Trinajstić information content (AvgIpc) is 3.66. The Morgan fingerprint density at radius 2 is 2.08 bits per heavy atom. The molecule has 1 amide bonds. The Morgan fingerprint density at radius 3 is 2.87 bits per heavy atom. The molecule has 8 heteroatoms. The van der Waals surface area contributed by atoms with Crippen LogP contribution in [0.15, 0.2) is 41.6 Å². The summed E-state index contributed by atoms with van der Waals surface area (Å²) in [6, 6.07) is 6.52. The molecule has 2 atom stereocenters. The average molecular weight is 536 g/mol. The fraction of sp³-hybridized carbons (Fsp3) is 0.533. The minimum Gasteiger partial charge on any atom is -0.352 e. The number of carbonyl (C=O) groups excluding carboxylic acids is 1. The number of imidazole rings is 1. The van der Waals surface area contributed by atoms with Gasteiger partial charge in [-0.05, 0) is 95.2 Å². The van der Waals surface area contributed by atoms with Gasteiger partial charge in [0.2, 0.25) is 0 Å². The Bertz CT molecular complexity index is 1390. The van der Waals surface area contributed by atoms with Gasteiger partial charge >= 0.3 is 0 Å². The van der Waals surface area contributed by atoms with Crippen molar-refractivity contribution < 1.29 is 9.18 Å². The molecule has 1 unspecified atom stereocenters. The summed E-state index contributed by atoms with van der Waals surface area (Å²) in [6.45, 7) is 8.84. The third-order valence-corrected chi connectivity index (χ3v) is 9.82. The van der Waals surface area contributed by atoms with Crippen LogP contribution in [-0.4, -0.2) is 65.1 Å². The van der Waals surface area contributed by atoms with Crippen LogP contribution in [0.3, 0.4) is 0 Å². The van der Waals surface area contributed by atoms with Crippen LogP contribution in [0.5, 0.6) is 0 Å². The molecule has 6 nitrogen and oxygen atoms in total. The number of nitrogens with zero attached hydrogens (tertiary/aromatic N) is 3. The number of halogens is 1. The number of benzene rings is 1. The van der Waals surface area contributed by atoms with E-state index in [1.807, 2.05) is 18.2 Å². The molecule has 2 saturated heterocycles. The van der Waals surface area contributed by atoms with Crippen molar-refractivity contribution in [2.75, 3.05) is 32.7 Å². The maximum absolute atomic E-state index is 13.3. The lowest BCUT2D eigenvalue weighted by atomic mass is 9.79. The highest BCUT2D eigenvalue weighted by Gasteiger charge is 2.30. The first-order valence-corrected chi connectivity index (χ1v) is 15.0. The van der Waals surface area contributed by atoms with Gasteiger partial charge in [-0.3, -0.25) is 9.20 Å². The number of likely N-dealkylation sites (tertiary alicyclic amines) is 1. The summed E-state index contributed by atoms with van der Waals surface area (Å²) in [7, 11) is 0. The molecule has 0 saturated carbocycles. The molecule has 2 aromatic heterocycles. The SMILES string of the molecule is CC1=C(C)C([C@H]2CCCN2)CC=C1c1cn2c(n1)sc1cc(C(=O)NCCCN3CCC(F)CC3)ccc12. The van der Waals surface area contributed by atoms with Crippen LogP contribution in [-0.2, 0) is 0 Å². The summed E-state index contributed by atoms with van der Waals surface area (Å²) in [5.74, 6) is 0.542. The molecule has 0 bridgehead atoms. The van der Waals surface area contributed by atoms with Gasteiger partial charge < -0.3 is 15.5 Å². The molecule has 1 aromatic carbocycles. The highest BCUT2D eigenvalue weighted by molar-refractivity contribution is 7.23. The Morgan fingerprint density at radius 1 is 1.24 bits per heavy atom. The first-order valence-electron chi connectivity index (χ1n) is 14.2. The Balaban J connectivity index is 1.11. The van der Waals surface area contributed by atoms with Crippen LogP contribution < -0.4 is 10.6 Å². The molecule has 0 spiro atoms. The van der Waals surface area contributed by atoms with Gasteiger partial charge in [0.1, 0.15) is 6.17 Å². The normalized spacial score (nSPS) is 23.5. The van der Waals surface area contributed by atoms with Crippen molar-refractivity contribution in [3.8, 4) is 0 Å². The highest BCUT2D eigenvalue weighted by Crippen LogP contribution is 2.39. The quantitative estimate of drug-likeness (QED) is 0.387. The van der Waals surface area contributed by atoms with E-state index in [9.17, 15) is 9.18 Å². The fourth-order valence-corrected chi connectivity index (χ4v) is 7.43. The number of alkyl halides is 1. The largest absolute Gasteiger partial charge is 0.352 e. The molecule has 6 rings (SSSR count). The van der Waals surface area contributed by atoms with Crippen molar-refractivity contribution in [3.05, 3.63) is 52.9 Å². The molecule has 2 aliphatic heterocycles. The summed E-state index contributed by atoms with van der Waals surface area (Å²) in [6.07, 6.45) is 9.63. The zero-order valence-corrected chi connectivity index (χ0v) is 23.2. The van der Waals surface area contributed by atoms with Crippen LogP contribution >= 0.6 is 11.3 Å². The lowest BCUT2D eigenvalue weighted by Gasteiger charge is -2.29. The zero-order chi connectivity index (χ0) is 26.2. The summed E-state index contributed by atoms with van der Waals surface area (Å²) in [5.41, 5.74) is 6.89. The van der Waals surface area contributed by atoms with Crippen molar-refractivity contribution in [2.45, 2.75) is 64.6 Å². The third-order valence-electron chi connectivity index (χ3n) is 8.80. The summed E-state index contributed by atoms with van der Waals surface area (Å²) in [4.78, 5) is 21.0. The number of rotatable bonds is 7. The smallest absolute Gasteiger partial charge is 0.251 e. The number of aromatic nitrogens is 2. The molecule has 1 aliphatic carbocycles. The first-order chi connectivity index (χ1) is 18.5. The fourth-order valence-electron chi connectivity index (χ4n) is 6.39. The van der Waals surface area contributed by atoms with Crippen molar-refractivity contribution >= 4 is 38.0 Å². The van der Waals surface area contributed by atoms with E-state index in [-0.39, 0.29) is 5.91 Å². The molecular formula is C30H38FN5OS. The molecule has 38 heavy (non-hydrogen) atoms. The summed E-state index contributed by atoms with van der Waals surface area (Å²) < 4.78 is 16.5. The number of carbonyl (C=O) groups is 1. The Hall–Kier alpha value is -2.55. The van der Waals surface area contributed by atoms with Gasteiger partial charge in [-0.25, -0.2) is 9.37 Å². The number of hydrogen-bond donors (Lipinski definition) is 2. The predicted molar refractivity (Wildman–Crippen MR) is 154 cm³/mol. The number of hydrogen-bond acceptors (Lipinski definition) is 5. The van der Waals surface area contributed by atoms with Crippen LogP contribution in [0.1, 0.15) is 68.4 Å². The summed E-state index contributed by atoms with van der Waals surface area (Å²) >= 11 is 1.63. The van der Waals surface area contributed by atoms with Crippen LogP contribution in [0.25, 0.3) is 20.8 Å². The van der Waals surface area contributed by atoms with E-state index in [1.165, 1.54) is 29.6 Å². The van der Waals surface area contributed by atoms with E-state index in [0.717, 1.165) is 59.9 Å². The first kappa shape index (κ1) is 25.7. The lowest BCUT2D eigenvalue weighted by Crippen LogP contribution is -2.36. The van der Waals surface area contributed by atoms with Gasteiger partial charge in [-0.1, -0.05) is 23.0 Å². The number of nitrogens with one attached hydrogen (secondary N) is 2. The van der Waals surface area contributed by atoms with E-state index in [2.05, 4.69) is 46.1 Å². The number of amides is 1. The Labute approximate surface area is 228 Å². The second kappa shape index (κ2) is 10.9. The van der Waals surface area contributed by atoms with Crippen molar-refractivity contribution in [2.24, 2.45) is 5.92 Å². The highest BCUT2D eigenvalue weighted by atomic mass is 32.1. The lowest BCUT2D eigenvalue weighted by molar-refractivity contribution is 0.0950. The maximum atomic E-state index is 13.3. The third kappa shape index (κ3) is 5.06. The van der Waals surface area contributed by atoms with E-state index >= 15 is 0 Å². The van der Waals surface area contributed by atoms with Gasteiger partial charge in [-0.15, -0.1) is 0 Å². The van der Waals surface area contributed by atoms with Crippen LogP contribution in [0.4, 0.5) is 4.39 Å². The number of fused-ring (bicyclic) bond motifs is 3. The predicted octanol–water partition coefficient (Wildman–Crippen LogP) is 5.59. The van der Waals surface area contributed by atoms with Crippen LogP contribution in [0, 0.1) is 5.92 Å². The van der Waals surface area contributed by atoms with Gasteiger partial charge in [-0.2, -0.15) is 0 Å². The minimum absolute atomic E-state index is 0.0454. The van der Waals surface area contributed by atoms with E-state index in [4.69, 9.17) is 4.98 Å². The van der Waals surface area contributed by atoms with E-state index in [0.29, 0.717) is 36.9 Å². The number of thiazole rings is 1. The maximum Gasteiger partial charge on any atom is 0.251 e. The second-order valence-electron chi connectivity index (χ2n) is 11.2. The van der Waals surface area contributed by atoms with Gasteiger partial charge in [0.05, 0.1) is 15.9 Å². The van der Waals surface area contributed by atoms with E-state index < -0.39 is 6.17 Å². The van der Waals surface area contributed by atoms with Crippen molar-refractivity contribution in [3.63, 3.8) is 0 Å². The molecule has 0 radical (unpaired) electrons. The van der Waals surface area contributed by atoms with Gasteiger partial charge in [0, 0.05) is 43.0 Å². The molecule has 202 valence electrons. The Kier molecular flexibility index (Phi) is 7.38. The van der Waals surface area contributed by atoms with Gasteiger partial charge in [0.25, 0.3) is 5.91 Å². The number of allylic oxidation sites excluding steroid dienone is 3. The minimum atomic E-state index is -0.645. The second-order valence-corrected chi connectivity index (χ2v) is 12.2. The molecule has 3 aliphatic rings. The molecule has 4 heterocycles. The number of piperidine rings is 1. The summed E-state index contributed by atoms with van der Waals surface area (Å²) in [5, 5.41) is 6.74. The zero-order valence-electron chi connectivity index (χ0n) is 22.4.